The van der Waals surface area contributed by atoms with Crippen LogP contribution in [0.25, 0.3) is 0 Å². The van der Waals surface area contributed by atoms with Crippen LogP contribution >= 0.6 is 15.9 Å². The average Bonchev–Trinajstić information content (AvgIpc) is 2.32. The Bertz CT molecular complexity index is 421. The maximum atomic E-state index is 13.1. The van der Waals surface area contributed by atoms with Gasteiger partial charge >= 0.3 is 0 Å². The minimum atomic E-state index is -0.178. The molecule has 1 nitrogen and oxygen atoms in total. The van der Waals surface area contributed by atoms with Crippen LogP contribution in [0.3, 0.4) is 0 Å². The first-order chi connectivity index (χ1) is 7.97. The van der Waals surface area contributed by atoms with E-state index in [2.05, 4.69) is 29.8 Å². The molecule has 1 fully saturated rings. The van der Waals surface area contributed by atoms with Crippen LogP contribution in [0, 0.1) is 18.2 Å². The van der Waals surface area contributed by atoms with E-state index in [0.29, 0.717) is 10.4 Å². The van der Waals surface area contributed by atoms with Gasteiger partial charge in [0.05, 0.1) is 0 Å². The molecule has 1 aromatic rings. The molecule has 0 N–H and O–H groups in total. The standard InChI is InChI=1S/C14H18BrFO/c1-4-14(3)12(15)8-13(14)17-10-5-6-11(16)9(2)7-10/h5-7,12-13H,4,8H2,1-3H3. The highest BCUT2D eigenvalue weighted by molar-refractivity contribution is 9.09. The smallest absolute Gasteiger partial charge is 0.126 e. The van der Waals surface area contributed by atoms with Gasteiger partial charge in [-0.1, -0.05) is 29.8 Å². The van der Waals surface area contributed by atoms with E-state index in [-0.39, 0.29) is 17.3 Å². The molecule has 0 aliphatic heterocycles. The molecule has 94 valence electrons. The first-order valence-electron chi connectivity index (χ1n) is 6.04. The third-order valence-corrected chi connectivity index (χ3v) is 5.46. The van der Waals surface area contributed by atoms with Crippen molar-refractivity contribution < 1.29 is 9.13 Å². The highest BCUT2D eigenvalue weighted by Gasteiger charge is 2.50. The van der Waals surface area contributed by atoms with Crippen LogP contribution in [-0.2, 0) is 0 Å². The van der Waals surface area contributed by atoms with Gasteiger partial charge in [-0.3, -0.25) is 0 Å². The summed E-state index contributed by atoms with van der Waals surface area (Å²) in [4.78, 5) is 0.520. The number of rotatable bonds is 3. The number of alkyl halides is 1. The summed E-state index contributed by atoms with van der Waals surface area (Å²) in [5.74, 6) is 0.593. The lowest BCUT2D eigenvalue weighted by Crippen LogP contribution is -2.54. The van der Waals surface area contributed by atoms with Gasteiger partial charge in [0.1, 0.15) is 17.7 Å². The number of hydrogen-bond acceptors (Lipinski definition) is 1. The molecule has 0 bridgehead atoms. The van der Waals surface area contributed by atoms with Gasteiger partial charge in [0.25, 0.3) is 0 Å². The average molecular weight is 301 g/mol. The van der Waals surface area contributed by atoms with Crippen LogP contribution in [0.5, 0.6) is 5.75 Å². The number of benzene rings is 1. The summed E-state index contributed by atoms with van der Waals surface area (Å²) < 4.78 is 19.1. The summed E-state index contributed by atoms with van der Waals surface area (Å²) in [7, 11) is 0. The molecule has 2 rings (SSSR count). The number of hydrogen-bond donors (Lipinski definition) is 0. The first kappa shape index (κ1) is 12.9. The van der Waals surface area contributed by atoms with E-state index in [9.17, 15) is 4.39 Å². The quantitative estimate of drug-likeness (QED) is 0.749. The van der Waals surface area contributed by atoms with E-state index >= 15 is 0 Å². The first-order valence-corrected chi connectivity index (χ1v) is 6.96. The Kier molecular flexibility index (Phi) is 3.48. The van der Waals surface area contributed by atoms with Crippen molar-refractivity contribution in [3.8, 4) is 5.75 Å². The maximum Gasteiger partial charge on any atom is 0.126 e. The molecular weight excluding hydrogens is 283 g/mol. The molecule has 3 heteroatoms. The molecule has 0 heterocycles. The summed E-state index contributed by atoms with van der Waals surface area (Å²) in [5, 5.41) is 0. The monoisotopic (exact) mass is 300 g/mol. The Morgan fingerprint density at radius 3 is 2.76 bits per heavy atom. The van der Waals surface area contributed by atoms with Crippen molar-refractivity contribution >= 4 is 15.9 Å². The fraction of sp³-hybridized carbons (Fsp3) is 0.571. The van der Waals surface area contributed by atoms with E-state index < -0.39 is 0 Å². The zero-order valence-electron chi connectivity index (χ0n) is 10.5. The predicted octanol–water partition coefficient (Wildman–Crippen LogP) is 4.47. The molecule has 1 saturated carbocycles. The summed E-state index contributed by atoms with van der Waals surface area (Å²) in [6, 6.07) is 4.95. The van der Waals surface area contributed by atoms with Crippen LogP contribution in [0.1, 0.15) is 32.3 Å². The molecule has 0 amide bonds. The van der Waals surface area contributed by atoms with Gasteiger partial charge in [-0.25, -0.2) is 4.39 Å². The summed E-state index contributed by atoms with van der Waals surface area (Å²) in [6.07, 6.45) is 2.32. The Balaban J connectivity index is 2.09. The Hall–Kier alpha value is -0.570. The van der Waals surface area contributed by atoms with Gasteiger partial charge < -0.3 is 4.74 Å². The Labute approximate surface area is 110 Å². The molecule has 1 aliphatic rings. The van der Waals surface area contributed by atoms with Gasteiger partial charge in [0.15, 0.2) is 0 Å². The predicted molar refractivity (Wildman–Crippen MR) is 71.3 cm³/mol. The molecule has 0 saturated heterocycles. The molecule has 0 radical (unpaired) electrons. The van der Waals surface area contributed by atoms with E-state index in [1.165, 1.54) is 6.07 Å². The minimum absolute atomic E-state index is 0.178. The molecule has 17 heavy (non-hydrogen) atoms. The van der Waals surface area contributed by atoms with Crippen molar-refractivity contribution in [2.75, 3.05) is 0 Å². The van der Waals surface area contributed by atoms with E-state index in [1.807, 2.05) is 0 Å². The summed E-state index contributed by atoms with van der Waals surface area (Å²) in [5.41, 5.74) is 0.817. The van der Waals surface area contributed by atoms with Crippen LogP contribution in [0.2, 0.25) is 0 Å². The van der Waals surface area contributed by atoms with Gasteiger partial charge in [0, 0.05) is 10.2 Å². The van der Waals surface area contributed by atoms with Crippen molar-refractivity contribution in [3.05, 3.63) is 29.6 Å². The van der Waals surface area contributed by atoms with E-state index in [0.717, 1.165) is 18.6 Å². The van der Waals surface area contributed by atoms with Crippen LogP contribution in [0.15, 0.2) is 18.2 Å². The largest absolute Gasteiger partial charge is 0.490 e. The van der Waals surface area contributed by atoms with Crippen molar-refractivity contribution in [2.24, 2.45) is 5.41 Å². The maximum absolute atomic E-state index is 13.1. The van der Waals surface area contributed by atoms with Gasteiger partial charge in [-0.05, 0) is 43.5 Å². The molecular formula is C14H18BrFO. The van der Waals surface area contributed by atoms with Crippen molar-refractivity contribution in [1.29, 1.82) is 0 Å². The number of aryl methyl sites for hydroxylation is 1. The second-order valence-corrected chi connectivity index (χ2v) is 6.19. The molecule has 0 aromatic heterocycles. The summed E-state index contributed by atoms with van der Waals surface area (Å²) >= 11 is 3.68. The van der Waals surface area contributed by atoms with E-state index in [4.69, 9.17) is 4.74 Å². The Morgan fingerprint density at radius 2 is 2.24 bits per heavy atom. The SMILES string of the molecule is CCC1(C)C(Br)CC1Oc1ccc(F)c(C)c1. The minimum Gasteiger partial charge on any atom is -0.490 e. The van der Waals surface area contributed by atoms with Gasteiger partial charge in [-0.15, -0.1) is 0 Å². The lowest BCUT2D eigenvalue weighted by atomic mass is 9.65. The number of ether oxygens (including phenoxy) is 1. The molecule has 3 atom stereocenters. The second-order valence-electron chi connectivity index (χ2n) is 5.08. The van der Waals surface area contributed by atoms with Crippen LogP contribution in [0.4, 0.5) is 4.39 Å². The van der Waals surface area contributed by atoms with Crippen molar-refractivity contribution in [1.82, 2.24) is 0 Å². The number of halogens is 2. The fourth-order valence-electron chi connectivity index (χ4n) is 2.25. The van der Waals surface area contributed by atoms with E-state index in [1.54, 1.807) is 19.1 Å². The van der Waals surface area contributed by atoms with Crippen molar-refractivity contribution in [3.63, 3.8) is 0 Å². The van der Waals surface area contributed by atoms with Gasteiger partial charge in [-0.2, -0.15) is 0 Å². The Morgan fingerprint density at radius 1 is 1.53 bits per heavy atom. The lowest BCUT2D eigenvalue weighted by Gasteiger charge is -2.50. The molecule has 3 unspecified atom stereocenters. The summed E-state index contributed by atoms with van der Waals surface area (Å²) in [6.45, 7) is 6.17. The highest BCUT2D eigenvalue weighted by Crippen LogP contribution is 2.50. The third-order valence-electron chi connectivity index (χ3n) is 4.04. The molecule has 1 aliphatic carbocycles. The molecule has 1 aromatic carbocycles. The molecule has 0 spiro atoms. The zero-order valence-corrected chi connectivity index (χ0v) is 12.1. The zero-order chi connectivity index (χ0) is 12.6. The van der Waals surface area contributed by atoms with Gasteiger partial charge in [0.2, 0.25) is 0 Å². The lowest BCUT2D eigenvalue weighted by molar-refractivity contribution is -0.0243. The third kappa shape index (κ3) is 2.22. The van der Waals surface area contributed by atoms with Crippen LogP contribution < -0.4 is 4.74 Å². The van der Waals surface area contributed by atoms with Crippen molar-refractivity contribution in [2.45, 2.75) is 44.5 Å². The highest BCUT2D eigenvalue weighted by atomic mass is 79.9. The fourth-order valence-corrected chi connectivity index (χ4v) is 3.21. The van der Waals surface area contributed by atoms with Crippen LogP contribution in [-0.4, -0.2) is 10.9 Å². The topological polar surface area (TPSA) is 9.23 Å². The normalized spacial score (nSPS) is 32.1. The second kappa shape index (κ2) is 4.60.